The lowest BCUT2D eigenvalue weighted by Crippen LogP contribution is -2.20. The van der Waals surface area contributed by atoms with Crippen LogP contribution in [0.4, 0.5) is 13.2 Å². The van der Waals surface area contributed by atoms with Crippen molar-refractivity contribution >= 4 is 16.1 Å². The maximum absolute atomic E-state index is 11.7. The highest BCUT2D eigenvalue weighted by atomic mass is 32.2. The van der Waals surface area contributed by atoms with Crippen molar-refractivity contribution in [1.82, 2.24) is 0 Å². The molecular formula is C7H11F3O4S. The summed E-state index contributed by atoms with van der Waals surface area (Å²) in [5.41, 5.74) is 0. The zero-order valence-electron chi connectivity index (χ0n) is 8.00. The first-order valence-corrected chi connectivity index (χ1v) is 5.76. The molecule has 0 unspecified atom stereocenters. The number of carbonyl (C=O) groups is 1. The minimum absolute atomic E-state index is 0.134. The lowest BCUT2D eigenvalue weighted by Gasteiger charge is -2.07. The smallest absolute Gasteiger partial charge is 0.346 e. The molecule has 0 bridgehead atoms. The van der Waals surface area contributed by atoms with Gasteiger partial charge in [-0.3, -0.25) is 4.79 Å². The van der Waals surface area contributed by atoms with Crippen molar-refractivity contribution in [3.8, 4) is 0 Å². The summed E-state index contributed by atoms with van der Waals surface area (Å²) in [7, 11) is -4.41. The van der Waals surface area contributed by atoms with Crippen LogP contribution in [0, 0.1) is 0 Å². The minimum Gasteiger partial charge on any atom is -0.346 e. The van der Waals surface area contributed by atoms with Crippen LogP contribution in [0.5, 0.6) is 0 Å². The summed E-state index contributed by atoms with van der Waals surface area (Å²) in [5, 5.41) is 0. The summed E-state index contributed by atoms with van der Waals surface area (Å²) >= 11 is 0. The van der Waals surface area contributed by atoms with Gasteiger partial charge in [0.25, 0.3) is 0 Å². The first kappa shape index (κ1) is 14.2. The molecule has 0 aromatic carbocycles. The van der Waals surface area contributed by atoms with Gasteiger partial charge >= 0.3 is 22.3 Å². The summed E-state index contributed by atoms with van der Waals surface area (Å²) in [5.74, 6) is -2.26. The maximum atomic E-state index is 11.7. The molecule has 0 saturated carbocycles. The topological polar surface area (TPSA) is 60.4 Å². The Morgan fingerprint density at radius 1 is 1.33 bits per heavy atom. The van der Waals surface area contributed by atoms with E-state index in [2.05, 4.69) is 4.18 Å². The van der Waals surface area contributed by atoms with Gasteiger partial charge in [0.1, 0.15) is 0 Å². The van der Waals surface area contributed by atoms with E-state index in [1.165, 1.54) is 0 Å². The van der Waals surface area contributed by atoms with Gasteiger partial charge in [0, 0.05) is 6.42 Å². The molecule has 4 nitrogen and oxygen atoms in total. The van der Waals surface area contributed by atoms with Crippen molar-refractivity contribution in [2.24, 2.45) is 0 Å². The molecule has 0 heterocycles. The van der Waals surface area contributed by atoms with E-state index in [1.807, 2.05) is 0 Å². The van der Waals surface area contributed by atoms with Crippen molar-refractivity contribution in [2.45, 2.75) is 32.4 Å². The van der Waals surface area contributed by atoms with E-state index in [0.717, 1.165) is 0 Å². The Morgan fingerprint density at radius 2 is 1.87 bits per heavy atom. The fraction of sp³-hybridized carbons (Fsp3) is 0.857. The highest BCUT2D eigenvalue weighted by molar-refractivity contribution is 7.87. The van der Waals surface area contributed by atoms with Gasteiger partial charge in [-0.15, -0.1) is 0 Å². The molecular weight excluding hydrogens is 237 g/mol. The lowest BCUT2D eigenvalue weighted by atomic mass is 10.4. The van der Waals surface area contributed by atoms with Gasteiger partial charge in [0.05, 0.1) is 12.2 Å². The van der Waals surface area contributed by atoms with E-state index in [4.69, 9.17) is 0 Å². The number of rotatable bonds is 5. The van der Waals surface area contributed by atoms with Crippen molar-refractivity contribution in [3.05, 3.63) is 0 Å². The predicted octanol–water partition coefficient (Wildman–Crippen LogP) is 1.61. The van der Waals surface area contributed by atoms with Crippen LogP contribution in [-0.2, 0) is 19.1 Å². The summed E-state index contributed by atoms with van der Waals surface area (Å²) < 4.78 is 60.5. The third-order valence-corrected chi connectivity index (χ3v) is 2.45. The van der Waals surface area contributed by atoms with Crippen molar-refractivity contribution < 1.29 is 30.6 Å². The highest BCUT2D eigenvalue weighted by Crippen LogP contribution is 2.20. The van der Waals surface area contributed by atoms with E-state index in [0.29, 0.717) is 6.42 Å². The SMILES string of the molecule is CCCC(=O)OS(=O)(=O)CCC(F)(F)F. The van der Waals surface area contributed by atoms with Crippen LogP contribution in [0.15, 0.2) is 0 Å². The quantitative estimate of drug-likeness (QED) is 0.693. The maximum Gasteiger partial charge on any atom is 0.390 e. The first-order valence-electron chi connectivity index (χ1n) is 4.18. The molecule has 0 saturated heterocycles. The van der Waals surface area contributed by atoms with E-state index in [9.17, 15) is 26.4 Å². The molecule has 8 heteroatoms. The Kier molecular flexibility index (Phi) is 5.06. The van der Waals surface area contributed by atoms with Gasteiger partial charge in [-0.2, -0.15) is 21.6 Å². The van der Waals surface area contributed by atoms with Crippen molar-refractivity contribution in [1.29, 1.82) is 0 Å². The molecule has 0 atom stereocenters. The second kappa shape index (κ2) is 5.34. The molecule has 0 aliphatic rings. The van der Waals surface area contributed by atoms with Gasteiger partial charge in [0.2, 0.25) is 0 Å². The number of alkyl halides is 3. The van der Waals surface area contributed by atoms with Crippen molar-refractivity contribution in [2.75, 3.05) is 5.75 Å². The Hall–Kier alpha value is -0.790. The Bertz CT molecular complexity index is 307. The van der Waals surface area contributed by atoms with Crippen molar-refractivity contribution in [3.63, 3.8) is 0 Å². The monoisotopic (exact) mass is 248 g/mol. The average Bonchev–Trinajstić information content (AvgIpc) is 1.99. The summed E-state index contributed by atoms with van der Waals surface area (Å²) in [4.78, 5) is 10.7. The fourth-order valence-electron chi connectivity index (χ4n) is 0.670. The molecule has 0 aromatic rings. The van der Waals surface area contributed by atoms with Crippen LogP contribution in [-0.4, -0.2) is 26.3 Å². The molecule has 0 aliphatic heterocycles. The molecule has 0 rings (SSSR count). The van der Waals surface area contributed by atoms with Gasteiger partial charge in [0.15, 0.2) is 0 Å². The van der Waals surface area contributed by atoms with Gasteiger partial charge in [-0.1, -0.05) is 6.92 Å². The first-order chi connectivity index (χ1) is 6.66. The number of halogens is 3. The molecule has 0 aromatic heterocycles. The number of carbonyl (C=O) groups excluding carboxylic acids is 1. The number of hydrogen-bond acceptors (Lipinski definition) is 4. The summed E-state index contributed by atoms with van der Waals surface area (Å²) in [6.45, 7) is 1.61. The van der Waals surface area contributed by atoms with Crippen LogP contribution in [0.3, 0.4) is 0 Å². The molecule has 90 valence electrons. The Labute approximate surface area is 85.5 Å². The minimum atomic E-state index is -4.58. The lowest BCUT2D eigenvalue weighted by molar-refractivity contribution is -0.135. The zero-order valence-corrected chi connectivity index (χ0v) is 8.82. The van der Waals surface area contributed by atoms with Crippen LogP contribution >= 0.6 is 0 Å². The molecule has 0 radical (unpaired) electrons. The molecule has 0 fully saturated rings. The average molecular weight is 248 g/mol. The predicted molar refractivity (Wildman–Crippen MR) is 45.5 cm³/mol. The summed E-state index contributed by atoms with van der Waals surface area (Å²) in [6.07, 6.45) is -5.86. The van der Waals surface area contributed by atoms with E-state index in [-0.39, 0.29) is 6.42 Å². The molecule has 0 N–H and O–H groups in total. The van der Waals surface area contributed by atoms with Crippen LogP contribution in [0.1, 0.15) is 26.2 Å². The highest BCUT2D eigenvalue weighted by Gasteiger charge is 2.31. The largest absolute Gasteiger partial charge is 0.390 e. The third kappa shape index (κ3) is 8.22. The van der Waals surface area contributed by atoms with Crippen LogP contribution in [0.2, 0.25) is 0 Å². The zero-order chi connectivity index (χ0) is 12.1. The van der Waals surface area contributed by atoms with E-state index < -0.39 is 34.4 Å². The second-order valence-corrected chi connectivity index (χ2v) is 4.52. The van der Waals surface area contributed by atoms with Gasteiger partial charge < -0.3 is 4.18 Å². The summed E-state index contributed by atoms with van der Waals surface area (Å²) in [6, 6.07) is 0. The molecule has 15 heavy (non-hydrogen) atoms. The third-order valence-electron chi connectivity index (χ3n) is 1.31. The van der Waals surface area contributed by atoms with Crippen LogP contribution in [0.25, 0.3) is 0 Å². The fourth-order valence-corrected chi connectivity index (χ4v) is 1.60. The number of hydrogen-bond donors (Lipinski definition) is 0. The normalized spacial score (nSPS) is 12.5. The second-order valence-electron chi connectivity index (χ2n) is 2.83. The van der Waals surface area contributed by atoms with Gasteiger partial charge in [-0.25, -0.2) is 0 Å². The Morgan fingerprint density at radius 3 is 2.27 bits per heavy atom. The van der Waals surface area contributed by atoms with E-state index >= 15 is 0 Å². The molecule has 0 spiro atoms. The molecule has 0 amide bonds. The Balaban J connectivity index is 4.15. The van der Waals surface area contributed by atoms with Crippen LogP contribution < -0.4 is 0 Å². The standard InChI is InChI=1S/C7H11F3O4S/c1-2-3-6(11)14-15(12,13)5-4-7(8,9)10/h2-5H2,1H3. The molecule has 0 aliphatic carbocycles. The van der Waals surface area contributed by atoms with Gasteiger partial charge in [-0.05, 0) is 6.42 Å². The van der Waals surface area contributed by atoms with E-state index in [1.54, 1.807) is 6.92 Å².